The lowest BCUT2D eigenvalue weighted by molar-refractivity contribution is 0.102. The fraction of sp³-hybridized carbons (Fsp3) is 0.200. The lowest BCUT2D eigenvalue weighted by atomic mass is 10.2. The minimum atomic E-state index is -0.505. The fourth-order valence-electron chi connectivity index (χ4n) is 2.96. The van der Waals surface area contributed by atoms with Gasteiger partial charge in [0.2, 0.25) is 0 Å². The van der Waals surface area contributed by atoms with Crippen LogP contribution in [-0.4, -0.2) is 27.3 Å². The molecule has 29 heavy (non-hydrogen) atoms. The van der Waals surface area contributed by atoms with Gasteiger partial charge in [-0.1, -0.05) is 17.7 Å². The van der Waals surface area contributed by atoms with E-state index in [-0.39, 0.29) is 17.7 Å². The molecule has 0 saturated heterocycles. The smallest absolute Gasteiger partial charge is 0.280 e. The second kappa shape index (κ2) is 7.84. The molecule has 4 rings (SSSR count). The summed E-state index contributed by atoms with van der Waals surface area (Å²) in [6.45, 7) is 3.30. The number of hydrogen-bond acceptors (Lipinski definition) is 6. The van der Waals surface area contributed by atoms with Crippen molar-refractivity contribution in [1.29, 1.82) is 0 Å². The van der Waals surface area contributed by atoms with E-state index in [9.17, 15) is 14.0 Å². The highest BCUT2D eigenvalue weighted by Gasteiger charge is 2.21. The Morgan fingerprint density at radius 2 is 1.93 bits per heavy atom. The standard InChI is InChI=1S/C20H17FN4O2S2/c1-11-3-5-14(6-4-11)25-19(27)16-12(2)28-10-15(16)17(24-25)18(26)23-20-22-13(7-8-21)9-29-20/h3-6,9-10H,7-8H2,1-2H3,(H,22,23,26)/i21-1. The number of rotatable bonds is 5. The van der Waals surface area contributed by atoms with E-state index in [2.05, 4.69) is 15.4 Å². The summed E-state index contributed by atoms with van der Waals surface area (Å²) in [6, 6.07) is 7.36. The number of anilines is 1. The zero-order valence-electron chi connectivity index (χ0n) is 15.7. The third-order valence-electron chi connectivity index (χ3n) is 4.45. The molecule has 3 heterocycles. The van der Waals surface area contributed by atoms with Crippen LogP contribution in [0.4, 0.5) is 9.52 Å². The Bertz CT molecular complexity index is 1260. The molecule has 0 aliphatic carbocycles. The molecule has 148 valence electrons. The Balaban J connectivity index is 1.80. The van der Waals surface area contributed by atoms with Crippen LogP contribution in [0.15, 0.2) is 39.8 Å². The van der Waals surface area contributed by atoms with Crippen molar-refractivity contribution in [2.75, 3.05) is 12.0 Å². The second-order valence-corrected chi connectivity index (χ2v) is 8.46. The predicted molar refractivity (Wildman–Crippen MR) is 114 cm³/mol. The van der Waals surface area contributed by atoms with Crippen molar-refractivity contribution >= 4 is 44.5 Å². The molecular weight excluding hydrogens is 410 g/mol. The molecular formula is C20H17FN4O2S2. The van der Waals surface area contributed by atoms with Crippen LogP contribution < -0.4 is 10.9 Å². The van der Waals surface area contributed by atoms with Gasteiger partial charge in [-0.3, -0.25) is 19.3 Å². The molecule has 0 aliphatic rings. The van der Waals surface area contributed by atoms with Crippen molar-refractivity contribution < 1.29 is 9.18 Å². The van der Waals surface area contributed by atoms with E-state index in [0.29, 0.717) is 27.3 Å². The number of fused-ring (bicyclic) bond motifs is 1. The summed E-state index contributed by atoms with van der Waals surface area (Å²) in [5.74, 6) is -0.463. The molecule has 0 atom stereocenters. The zero-order chi connectivity index (χ0) is 20.5. The number of carbonyl (C=O) groups is 1. The van der Waals surface area contributed by atoms with Gasteiger partial charge in [0.05, 0.1) is 23.4 Å². The number of amides is 1. The number of carbonyl (C=O) groups excluding carboxylic acids is 1. The first kappa shape index (κ1) is 19.4. The van der Waals surface area contributed by atoms with Crippen molar-refractivity contribution in [2.45, 2.75) is 20.3 Å². The van der Waals surface area contributed by atoms with E-state index in [0.717, 1.165) is 10.4 Å². The van der Waals surface area contributed by atoms with Gasteiger partial charge in [0.1, 0.15) is 0 Å². The van der Waals surface area contributed by atoms with Gasteiger partial charge >= 0.3 is 0 Å². The number of halogens is 1. The van der Waals surface area contributed by atoms with E-state index < -0.39 is 12.6 Å². The van der Waals surface area contributed by atoms with Crippen LogP contribution in [0.25, 0.3) is 16.5 Å². The molecule has 0 bridgehead atoms. The Morgan fingerprint density at radius 1 is 1.17 bits per heavy atom. The van der Waals surface area contributed by atoms with Gasteiger partial charge in [-0.15, -0.1) is 22.7 Å². The minimum absolute atomic E-state index is 0.145. The highest BCUT2D eigenvalue weighted by molar-refractivity contribution is 7.14. The molecule has 0 spiro atoms. The van der Waals surface area contributed by atoms with Gasteiger partial charge in [0, 0.05) is 27.4 Å². The van der Waals surface area contributed by atoms with Crippen LogP contribution in [0.5, 0.6) is 0 Å². The van der Waals surface area contributed by atoms with Gasteiger partial charge in [-0.25, -0.2) is 4.98 Å². The fourth-order valence-corrected chi connectivity index (χ4v) is 4.54. The summed E-state index contributed by atoms with van der Waals surface area (Å²) in [7, 11) is 0. The van der Waals surface area contributed by atoms with Gasteiger partial charge in [0.15, 0.2) is 10.8 Å². The molecule has 1 amide bonds. The summed E-state index contributed by atoms with van der Waals surface area (Å²) in [5, 5.41) is 11.9. The van der Waals surface area contributed by atoms with Gasteiger partial charge in [-0.2, -0.15) is 9.78 Å². The van der Waals surface area contributed by atoms with E-state index in [1.807, 2.05) is 26.0 Å². The van der Waals surface area contributed by atoms with E-state index in [4.69, 9.17) is 0 Å². The first-order valence-electron chi connectivity index (χ1n) is 8.88. The number of nitrogens with one attached hydrogen (secondary N) is 1. The summed E-state index contributed by atoms with van der Waals surface area (Å²) >= 11 is 2.62. The number of alkyl halides is 1. The molecule has 0 aliphatic heterocycles. The number of aromatic nitrogens is 3. The monoisotopic (exact) mass is 427 g/mol. The normalized spacial score (nSPS) is 11.1. The molecule has 0 unspecified atom stereocenters. The van der Waals surface area contributed by atoms with E-state index in [1.165, 1.54) is 27.4 Å². The summed E-state index contributed by atoms with van der Waals surface area (Å²) in [5.41, 5.74) is 2.11. The first-order chi connectivity index (χ1) is 14.0. The van der Waals surface area contributed by atoms with Crippen LogP contribution in [0.2, 0.25) is 0 Å². The van der Waals surface area contributed by atoms with Crippen LogP contribution in [0.3, 0.4) is 0 Å². The quantitative estimate of drug-likeness (QED) is 0.516. The Hall–Kier alpha value is -2.91. The molecule has 0 fully saturated rings. The third-order valence-corrected chi connectivity index (χ3v) is 6.17. The van der Waals surface area contributed by atoms with E-state index in [1.54, 1.807) is 22.9 Å². The van der Waals surface area contributed by atoms with Gasteiger partial charge in [0.25, 0.3) is 11.5 Å². The average molecular weight is 428 g/mol. The summed E-state index contributed by atoms with van der Waals surface area (Å²) in [6.07, 6.45) is 0.205. The molecule has 6 nitrogen and oxygen atoms in total. The van der Waals surface area contributed by atoms with Crippen molar-refractivity contribution in [3.63, 3.8) is 0 Å². The molecule has 1 N–H and O–H groups in total. The largest absolute Gasteiger partial charge is 0.296 e. The number of nitrogens with zero attached hydrogens (tertiary/aromatic N) is 3. The molecule has 0 radical (unpaired) electrons. The molecule has 3 aromatic heterocycles. The number of hydrogen-bond donors (Lipinski definition) is 1. The minimum Gasteiger partial charge on any atom is -0.296 e. The maximum absolute atomic E-state index is 13.0. The zero-order valence-corrected chi connectivity index (χ0v) is 17.4. The Kier molecular flexibility index (Phi) is 5.25. The average Bonchev–Trinajstić information content (AvgIpc) is 3.30. The van der Waals surface area contributed by atoms with Crippen LogP contribution >= 0.6 is 22.7 Å². The van der Waals surface area contributed by atoms with Crippen molar-refractivity contribution in [3.8, 4) is 5.69 Å². The molecule has 9 heteroatoms. The van der Waals surface area contributed by atoms with Gasteiger partial charge < -0.3 is 0 Å². The van der Waals surface area contributed by atoms with Crippen molar-refractivity contribution in [3.05, 3.63) is 67.2 Å². The topological polar surface area (TPSA) is 76.9 Å². The van der Waals surface area contributed by atoms with Crippen LogP contribution in [0.1, 0.15) is 26.6 Å². The third kappa shape index (κ3) is 3.70. The highest BCUT2D eigenvalue weighted by atomic mass is 32.1. The summed E-state index contributed by atoms with van der Waals surface area (Å²) in [4.78, 5) is 31.0. The second-order valence-electron chi connectivity index (χ2n) is 6.52. The lowest BCUT2D eigenvalue weighted by Gasteiger charge is -2.09. The SMILES string of the molecule is Cc1ccc(-n2nc(C(=O)Nc3nc(CC[18F])cs3)c3csc(C)c3c2=O)cc1. The predicted octanol–water partition coefficient (Wildman–Crippen LogP) is 4.28. The number of thiophene rings is 1. The Morgan fingerprint density at radius 3 is 2.66 bits per heavy atom. The number of thiazole rings is 1. The van der Waals surface area contributed by atoms with Gasteiger partial charge in [-0.05, 0) is 26.0 Å². The van der Waals surface area contributed by atoms with E-state index >= 15 is 0 Å². The van der Waals surface area contributed by atoms with Crippen molar-refractivity contribution in [1.82, 2.24) is 14.8 Å². The molecule has 1 aromatic carbocycles. The van der Waals surface area contributed by atoms with Crippen molar-refractivity contribution in [2.24, 2.45) is 0 Å². The molecule has 0 saturated carbocycles. The highest BCUT2D eigenvalue weighted by Crippen LogP contribution is 2.26. The lowest BCUT2D eigenvalue weighted by Crippen LogP contribution is -2.26. The maximum atomic E-state index is 13.0. The number of aryl methyl sites for hydroxylation is 3. The maximum Gasteiger partial charge on any atom is 0.280 e. The first-order valence-corrected chi connectivity index (χ1v) is 10.6. The molecule has 4 aromatic rings. The van der Waals surface area contributed by atoms with Crippen LogP contribution in [-0.2, 0) is 6.42 Å². The summed E-state index contributed by atoms with van der Waals surface area (Å²) < 4.78 is 13.8. The number of benzene rings is 1. The Labute approximate surface area is 173 Å². The van der Waals surface area contributed by atoms with Crippen LogP contribution in [0, 0.1) is 13.8 Å².